The van der Waals surface area contributed by atoms with Crippen molar-refractivity contribution in [2.24, 2.45) is 0 Å². The van der Waals surface area contributed by atoms with Crippen LogP contribution in [0.3, 0.4) is 0 Å². The van der Waals surface area contributed by atoms with E-state index >= 15 is 0 Å². The fourth-order valence-corrected chi connectivity index (χ4v) is 2.95. The first-order valence-corrected chi connectivity index (χ1v) is 7.74. The topological polar surface area (TPSA) is 60.9 Å². The molecule has 1 N–H and O–H groups in total. The van der Waals surface area contributed by atoms with E-state index in [0.29, 0.717) is 13.1 Å². The van der Waals surface area contributed by atoms with Gasteiger partial charge in [-0.1, -0.05) is 0 Å². The molecule has 0 saturated carbocycles. The molecule has 1 rings (SSSR count). The van der Waals surface area contributed by atoms with Gasteiger partial charge in [-0.15, -0.1) is 11.3 Å². The second-order valence-electron chi connectivity index (χ2n) is 4.71. The van der Waals surface area contributed by atoms with E-state index in [1.54, 1.807) is 6.08 Å². The molecule has 5 nitrogen and oxygen atoms in total. The summed E-state index contributed by atoms with van der Waals surface area (Å²) in [4.78, 5) is 28.3. The molecule has 0 fully saturated rings. The molecule has 21 heavy (non-hydrogen) atoms. The number of amides is 1. The van der Waals surface area contributed by atoms with Crippen molar-refractivity contribution in [2.75, 3.05) is 26.7 Å². The van der Waals surface area contributed by atoms with Crippen LogP contribution < -0.4 is 0 Å². The number of carbonyl (C=O) groups is 2. The number of carbonyl (C=O) groups excluding carboxylic acids is 1. The van der Waals surface area contributed by atoms with Crippen molar-refractivity contribution in [1.82, 2.24) is 9.80 Å². The van der Waals surface area contributed by atoms with Gasteiger partial charge in [-0.25, -0.2) is 4.79 Å². The molecule has 0 aliphatic rings. The van der Waals surface area contributed by atoms with E-state index in [-0.39, 0.29) is 5.91 Å². The van der Waals surface area contributed by atoms with E-state index < -0.39 is 5.97 Å². The van der Waals surface area contributed by atoms with Gasteiger partial charge in [-0.2, -0.15) is 0 Å². The molecular formula is C15H22N2O3S. The van der Waals surface area contributed by atoms with Crippen molar-refractivity contribution >= 4 is 29.3 Å². The van der Waals surface area contributed by atoms with E-state index in [0.717, 1.165) is 28.9 Å². The van der Waals surface area contributed by atoms with Gasteiger partial charge in [0, 0.05) is 35.5 Å². The Bertz CT molecular complexity index is 507. The smallest absolute Gasteiger partial charge is 0.328 e. The van der Waals surface area contributed by atoms with E-state index in [1.165, 1.54) is 11.3 Å². The summed E-state index contributed by atoms with van der Waals surface area (Å²) < 4.78 is 0. The van der Waals surface area contributed by atoms with Gasteiger partial charge < -0.3 is 10.0 Å². The van der Waals surface area contributed by atoms with E-state index in [9.17, 15) is 9.59 Å². The highest BCUT2D eigenvalue weighted by Gasteiger charge is 2.13. The SMILES string of the molecule is CCN(CC)C(=O)CN(C)Cc1ccc(C=CC(=O)O)s1. The minimum absolute atomic E-state index is 0.130. The Balaban J connectivity index is 2.53. The van der Waals surface area contributed by atoms with Crippen LogP contribution in [-0.4, -0.2) is 53.5 Å². The zero-order valence-corrected chi connectivity index (χ0v) is 13.5. The predicted molar refractivity (Wildman–Crippen MR) is 85.3 cm³/mol. The number of rotatable bonds is 8. The Labute approximate surface area is 129 Å². The summed E-state index contributed by atoms with van der Waals surface area (Å²) in [6.45, 7) is 6.47. The summed E-state index contributed by atoms with van der Waals surface area (Å²) in [6, 6.07) is 3.85. The molecule has 1 heterocycles. The third-order valence-electron chi connectivity index (χ3n) is 3.02. The minimum atomic E-state index is -0.952. The van der Waals surface area contributed by atoms with E-state index in [2.05, 4.69) is 0 Å². The summed E-state index contributed by atoms with van der Waals surface area (Å²) in [5.41, 5.74) is 0. The fourth-order valence-electron chi connectivity index (χ4n) is 1.95. The van der Waals surface area contributed by atoms with Gasteiger partial charge in [-0.3, -0.25) is 9.69 Å². The number of aliphatic carboxylic acids is 1. The van der Waals surface area contributed by atoms with Crippen molar-refractivity contribution in [3.05, 3.63) is 28.0 Å². The van der Waals surface area contributed by atoms with Crippen molar-refractivity contribution in [3.63, 3.8) is 0 Å². The van der Waals surface area contributed by atoms with Crippen LogP contribution in [0.1, 0.15) is 23.6 Å². The summed E-state index contributed by atoms with van der Waals surface area (Å²) in [5.74, 6) is -0.822. The monoisotopic (exact) mass is 310 g/mol. The Morgan fingerprint density at radius 1 is 1.29 bits per heavy atom. The summed E-state index contributed by atoms with van der Waals surface area (Å²) >= 11 is 1.53. The van der Waals surface area contributed by atoms with Gasteiger partial charge >= 0.3 is 5.97 Å². The molecule has 6 heteroatoms. The molecule has 0 radical (unpaired) electrons. The maximum Gasteiger partial charge on any atom is 0.328 e. The normalized spacial score (nSPS) is 11.2. The highest BCUT2D eigenvalue weighted by Crippen LogP contribution is 2.19. The van der Waals surface area contributed by atoms with Gasteiger partial charge in [0.2, 0.25) is 5.91 Å². The number of carboxylic acids is 1. The minimum Gasteiger partial charge on any atom is -0.478 e. The average molecular weight is 310 g/mol. The lowest BCUT2D eigenvalue weighted by molar-refractivity contribution is -0.132. The van der Waals surface area contributed by atoms with E-state index in [4.69, 9.17) is 5.11 Å². The Hall–Kier alpha value is -1.66. The lowest BCUT2D eigenvalue weighted by atomic mass is 10.3. The van der Waals surface area contributed by atoms with Crippen LogP contribution in [0.15, 0.2) is 18.2 Å². The molecule has 1 aromatic heterocycles. The molecule has 0 atom stereocenters. The van der Waals surface area contributed by atoms with E-state index in [1.807, 2.05) is 42.8 Å². The van der Waals surface area contributed by atoms with Gasteiger partial charge in [0.25, 0.3) is 0 Å². The Kier molecular flexibility index (Phi) is 7.11. The van der Waals surface area contributed by atoms with Crippen LogP contribution >= 0.6 is 11.3 Å². The first-order valence-electron chi connectivity index (χ1n) is 6.92. The van der Waals surface area contributed by atoms with Crippen molar-refractivity contribution in [3.8, 4) is 0 Å². The number of hydrogen-bond acceptors (Lipinski definition) is 4. The number of nitrogens with zero attached hydrogens (tertiary/aromatic N) is 2. The second kappa shape index (κ2) is 8.59. The van der Waals surface area contributed by atoms with Gasteiger partial charge in [0.05, 0.1) is 6.54 Å². The molecule has 1 aromatic rings. The van der Waals surface area contributed by atoms with Crippen molar-refractivity contribution in [1.29, 1.82) is 0 Å². The first-order chi connectivity index (χ1) is 9.96. The van der Waals surface area contributed by atoms with Crippen LogP contribution in [0.4, 0.5) is 0 Å². The van der Waals surface area contributed by atoms with Crippen LogP contribution in [0.25, 0.3) is 6.08 Å². The lowest BCUT2D eigenvalue weighted by Crippen LogP contribution is -2.38. The number of carboxylic acid groups (broad SMARTS) is 1. The maximum absolute atomic E-state index is 12.0. The molecule has 0 aromatic carbocycles. The number of likely N-dealkylation sites (N-methyl/N-ethyl adjacent to an activating group) is 2. The van der Waals surface area contributed by atoms with Crippen LogP contribution in [-0.2, 0) is 16.1 Å². The molecule has 0 bridgehead atoms. The largest absolute Gasteiger partial charge is 0.478 e. The van der Waals surface area contributed by atoms with Crippen LogP contribution in [0.5, 0.6) is 0 Å². The third-order valence-corrected chi connectivity index (χ3v) is 4.05. The van der Waals surface area contributed by atoms with Crippen molar-refractivity contribution < 1.29 is 14.7 Å². The molecule has 1 amide bonds. The fraction of sp³-hybridized carbons (Fsp3) is 0.467. The highest BCUT2D eigenvalue weighted by molar-refractivity contribution is 7.12. The molecule has 0 aliphatic heterocycles. The lowest BCUT2D eigenvalue weighted by Gasteiger charge is -2.22. The average Bonchev–Trinajstić information content (AvgIpc) is 2.85. The first kappa shape index (κ1) is 17.4. The van der Waals surface area contributed by atoms with Crippen LogP contribution in [0, 0.1) is 0 Å². The summed E-state index contributed by atoms with van der Waals surface area (Å²) in [6.07, 6.45) is 2.71. The summed E-state index contributed by atoms with van der Waals surface area (Å²) in [7, 11) is 1.91. The zero-order valence-electron chi connectivity index (χ0n) is 12.7. The molecule has 0 aliphatic carbocycles. The van der Waals surface area contributed by atoms with Gasteiger partial charge in [-0.05, 0) is 39.1 Å². The zero-order chi connectivity index (χ0) is 15.8. The highest BCUT2D eigenvalue weighted by atomic mass is 32.1. The Morgan fingerprint density at radius 2 is 1.95 bits per heavy atom. The molecule has 0 saturated heterocycles. The maximum atomic E-state index is 12.0. The standard InChI is InChI=1S/C15H22N2O3S/c1-4-17(5-2)14(18)11-16(3)10-13-7-6-12(21-13)8-9-15(19)20/h6-9H,4-5,10-11H2,1-3H3,(H,19,20). The van der Waals surface area contributed by atoms with Gasteiger partial charge in [0.15, 0.2) is 0 Å². The van der Waals surface area contributed by atoms with Gasteiger partial charge in [0.1, 0.15) is 0 Å². The third kappa shape index (κ3) is 6.10. The Morgan fingerprint density at radius 3 is 2.52 bits per heavy atom. The molecule has 116 valence electrons. The van der Waals surface area contributed by atoms with Crippen LogP contribution in [0.2, 0.25) is 0 Å². The molecular weight excluding hydrogens is 288 g/mol. The molecule has 0 spiro atoms. The quantitative estimate of drug-likeness (QED) is 0.747. The number of thiophene rings is 1. The number of hydrogen-bond donors (Lipinski definition) is 1. The summed E-state index contributed by atoms with van der Waals surface area (Å²) in [5, 5.41) is 8.59. The predicted octanol–water partition coefficient (Wildman–Crippen LogP) is 2.15. The molecule has 0 unspecified atom stereocenters. The van der Waals surface area contributed by atoms with Crippen molar-refractivity contribution in [2.45, 2.75) is 20.4 Å². The second-order valence-corrected chi connectivity index (χ2v) is 5.91.